The standard InChI is InChI=1S/C27H28ClN3O3S/c1-3-22-16-17-24-26(20-12-9-13-21(28)18-20)23(14-7-8-15-25(32)30-35(2,33)34)27(29-31(22)24)19-10-5-4-6-11-19/h4-6,9-13,16-18H,3,7-8,14-15H2,1-2H3,(H,30,32). The number of aryl methyl sites for hydroxylation is 1. The van der Waals surface area contributed by atoms with E-state index in [9.17, 15) is 13.2 Å². The van der Waals surface area contributed by atoms with E-state index in [2.05, 4.69) is 25.1 Å². The van der Waals surface area contributed by atoms with E-state index in [1.165, 1.54) is 0 Å². The first kappa shape index (κ1) is 24.9. The van der Waals surface area contributed by atoms with Crippen LogP contribution in [0.3, 0.4) is 0 Å². The van der Waals surface area contributed by atoms with Crippen molar-refractivity contribution in [3.05, 3.63) is 83.0 Å². The fourth-order valence-electron chi connectivity index (χ4n) is 4.36. The summed E-state index contributed by atoms with van der Waals surface area (Å²) in [6, 6.07) is 22.1. The predicted octanol–water partition coefficient (Wildman–Crippen LogP) is 5.67. The molecule has 1 amide bonds. The number of aromatic nitrogens is 2. The van der Waals surface area contributed by atoms with Gasteiger partial charge in [-0.05, 0) is 61.1 Å². The number of carbonyl (C=O) groups excluding carboxylic acids is 1. The van der Waals surface area contributed by atoms with Crippen LogP contribution >= 0.6 is 11.6 Å². The molecule has 8 heteroatoms. The fraction of sp³-hybridized carbons (Fsp3) is 0.259. The van der Waals surface area contributed by atoms with E-state index in [-0.39, 0.29) is 6.42 Å². The van der Waals surface area contributed by atoms with E-state index >= 15 is 0 Å². The number of hydrogen-bond donors (Lipinski definition) is 1. The van der Waals surface area contributed by atoms with Crippen molar-refractivity contribution in [3.63, 3.8) is 0 Å². The smallest absolute Gasteiger partial charge is 0.233 e. The van der Waals surface area contributed by atoms with Gasteiger partial charge >= 0.3 is 0 Å². The molecule has 6 nitrogen and oxygen atoms in total. The lowest BCUT2D eigenvalue weighted by molar-refractivity contribution is -0.119. The summed E-state index contributed by atoms with van der Waals surface area (Å²) in [5, 5.41) is 5.73. The number of halogens is 1. The zero-order valence-electron chi connectivity index (χ0n) is 19.8. The highest BCUT2D eigenvalue weighted by molar-refractivity contribution is 7.89. The number of rotatable bonds is 9. The molecule has 0 aliphatic carbocycles. The molecule has 2 aromatic heterocycles. The van der Waals surface area contributed by atoms with Crippen molar-refractivity contribution in [1.29, 1.82) is 0 Å². The molecule has 0 atom stereocenters. The highest BCUT2D eigenvalue weighted by atomic mass is 35.5. The van der Waals surface area contributed by atoms with Crippen LogP contribution in [-0.4, -0.2) is 30.2 Å². The van der Waals surface area contributed by atoms with Gasteiger partial charge in [0.05, 0.1) is 17.5 Å². The van der Waals surface area contributed by atoms with Crippen molar-refractivity contribution < 1.29 is 13.2 Å². The molecule has 182 valence electrons. The van der Waals surface area contributed by atoms with Crippen LogP contribution in [0.1, 0.15) is 37.4 Å². The topological polar surface area (TPSA) is 80.5 Å². The normalized spacial score (nSPS) is 11.6. The molecular weight excluding hydrogens is 482 g/mol. The average molecular weight is 510 g/mol. The lowest BCUT2D eigenvalue weighted by Crippen LogP contribution is -2.28. The highest BCUT2D eigenvalue weighted by Gasteiger charge is 2.20. The lowest BCUT2D eigenvalue weighted by atomic mass is 9.92. The Bertz CT molecular complexity index is 1460. The Labute approximate surface area is 211 Å². The molecule has 2 aromatic carbocycles. The van der Waals surface area contributed by atoms with Gasteiger partial charge in [-0.2, -0.15) is 5.10 Å². The molecule has 0 spiro atoms. The molecule has 0 radical (unpaired) electrons. The number of unbranched alkanes of at least 4 members (excludes halogenated alkanes) is 1. The molecule has 4 rings (SSSR count). The van der Waals surface area contributed by atoms with Gasteiger partial charge in [0.25, 0.3) is 0 Å². The number of carbonyl (C=O) groups is 1. The molecule has 0 aliphatic heterocycles. The largest absolute Gasteiger partial charge is 0.274 e. The maximum Gasteiger partial charge on any atom is 0.233 e. The average Bonchev–Trinajstić information content (AvgIpc) is 3.23. The third kappa shape index (κ3) is 5.92. The van der Waals surface area contributed by atoms with Crippen LogP contribution in [0, 0.1) is 0 Å². The molecule has 4 aromatic rings. The van der Waals surface area contributed by atoms with E-state index in [1.807, 2.05) is 57.8 Å². The number of sulfonamides is 1. The first-order chi connectivity index (χ1) is 16.8. The molecular formula is C27H28ClN3O3S. The van der Waals surface area contributed by atoms with E-state index in [0.717, 1.165) is 51.8 Å². The van der Waals surface area contributed by atoms with Gasteiger partial charge in [-0.3, -0.25) is 9.52 Å². The Morgan fingerprint density at radius 3 is 2.43 bits per heavy atom. The molecule has 35 heavy (non-hydrogen) atoms. The van der Waals surface area contributed by atoms with E-state index < -0.39 is 15.9 Å². The molecule has 0 saturated carbocycles. The minimum atomic E-state index is -3.55. The van der Waals surface area contributed by atoms with Gasteiger partial charge < -0.3 is 0 Å². The van der Waals surface area contributed by atoms with Crippen LogP contribution in [0.15, 0.2) is 66.7 Å². The first-order valence-electron chi connectivity index (χ1n) is 11.6. The van der Waals surface area contributed by atoms with Crippen LogP contribution in [-0.2, 0) is 27.7 Å². The summed E-state index contributed by atoms with van der Waals surface area (Å²) in [4.78, 5) is 12.0. The number of nitrogens with zero attached hydrogens (tertiary/aromatic N) is 2. The number of benzene rings is 2. The maximum absolute atomic E-state index is 12.0. The number of fused-ring (bicyclic) bond motifs is 1. The van der Waals surface area contributed by atoms with Crippen molar-refractivity contribution in [2.75, 3.05) is 6.26 Å². The van der Waals surface area contributed by atoms with Gasteiger partial charge in [0.15, 0.2) is 0 Å². The fourth-order valence-corrected chi connectivity index (χ4v) is 5.07. The quantitative estimate of drug-likeness (QED) is 0.295. The molecule has 0 unspecified atom stereocenters. The molecule has 0 fully saturated rings. The van der Waals surface area contributed by atoms with Crippen molar-refractivity contribution in [2.45, 2.75) is 39.0 Å². The molecule has 0 bridgehead atoms. The van der Waals surface area contributed by atoms with Gasteiger partial charge in [-0.1, -0.05) is 61.0 Å². The summed E-state index contributed by atoms with van der Waals surface area (Å²) in [7, 11) is -3.55. The van der Waals surface area contributed by atoms with Crippen LogP contribution in [0.2, 0.25) is 5.02 Å². The second-order valence-electron chi connectivity index (χ2n) is 8.56. The van der Waals surface area contributed by atoms with E-state index in [0.29, 0.717) is 24.3 Å². The number of nitrogens with one attached hydrogen (secondary N) is 1. The minimum absolute atomic E-state index is 0.140. The molecule has 0 saturated heterocycles. The predicted molar refractivity (Wildman–Crippen MR) is 141 cm³/mol. The Hall–Kier alpha value is -3.16. The summed E-state index contributed by atoms with van der Waals surface area (Å²) in [6.45, 7) is 2.11. The Morgan fingerprint density at radius 2 is 1.74 bits per heavy atom. The Morgan fingerprint density at radius 1 is 1.00 bits per heavy atom. The second-order valence-corrected chi connectivity index (χ2v) is 10.7. The zero-order chi connectivity index (χ0) is 25.0. The molecule has 1 N–H and O–H groups in total. The Kier molecular flexibility index (Phi) is 7.57. The van der Waals surface area contributed by atoms with Crippen LogP contribution in [0.4, 0.5) is 0 Å². The molecule has 0 aliphatic rings. The summed E-state index contributed by atoms with van der Waals surface area (Å²) in [6.07, 6.45) is 3.90. The summed E-state index contributed by atoms with van der Waals surface area (Å²) in [5.74, 6) is -0.487. The summed E-state index contributed by atoms with van der Waals surface area (Å²) >= 11 is 6.39. The monoisotopic (exact) mass is 509 g/mol. The van der Waals surface area contributed by atoms with Crippen LogP contribution in [0.5, 0.6) is 0 Å². The van der Waals surface area contributed by atoms with Gasteiger partial charge in [-0.25, -0.2) is 12.9 Å². The second kappa shape index (κ2) is 10.6. The maximum atomic E-state index is 12.0. The van der Waals surface area contributed by atoms with Crippen molar-refractivity contribution in [3.8, 4) is 22.4 Å². The third-order valence-corrected chi connectivity index (χ3v) is 6.71. The Balaban J connectivity index is 1.80. The van der Waals surface area contributed by atoms with Crippen molar-refractivity contribution in [1.82, 2.24) is 14.3 Å². The van der Waals surface area contributed by atoms with Gasteiger partial charge in [0.2, 0.25) is 15.9 Å². The summed E-state index contributed by atoms with van der Waals surface area (Å²) < 4.78 is 26.7. The van der Waals surface area contributed by atoms with Crippen molar-refractivity contribution in [2.24, 2.45) is 0 Å². The SMILES string of the molecule is CCc1ccc2c(-c3cccc(Cl)c3)c(CCCCC(=O)NS(C)(=O)=O)c(-c3ccccc3)nn12. The van der Waals surface area contributed by atoms with E-state index in [1.54, 1.807) is 0 Å². The van der Waals surface area contributed by atoms with Crippen molar-refractivity contribution >= 4 is 33.0 Å². The lowest BCUT2D eigenvalue weighted by Gasteiger charge is -2.18. The van der Waals surface area contributed by atoms with E-state index in [4.69, 9.17) is 16.7 Å². The van der Waals surface area contributed by atoms with Crippen LogP contribution < -0.4 is 4.72 Å². The first-order valence-corrected chi connectivity index (χ1v) is 13.9. The number of amides is 1. The van der Waals surface area contributed by atoms with Gasteiger partial charge in [-0.15, -0.1) is 0 Å². The minimum Gasteiger partial charge on any atom is -0.274 e. The van der Waals surface area contributed by atoms with Crippen LogP contribution in [0.25, 0.3) is 27.9 Å². The highest BCUT2D eigenvalue weighted by Crippen LogP contribution is 2.37. The van der Waals surface area contributed by atoms with Gasteiger partial charge in [0.1, 0.15) is 0 Å². The molecule has 2 heterocycles. The zero-order valence-corrected chi connectivity index (χ0v) is 21.4. The van der Waals surface area contributed by atoms with Gasteiger partial charge in [0, 0.05) is 28.3 Å². The third-order valence-electron chi connectivity index (χ3n) is 5.88. The number of hydrogen-bond acceptors (Lipinski definition) is 4. The summed E-state index contributed by atoms with van der Waals surface area (Å²) in [5.41, 5.74) is 7.18.